The molecule has 1 aromatic heterocycles. The molecule has 31 heteroatoms. The average molecular weight is 1130 g/mol. The minimum absolute atomic E-state index is 0.00457. The SMILES string of the molecule is CSCC[C@H](NC(=O)[C@@H](N)CS)C(=O)N[C@@H](Cc1ccc(O)cc1)C(=O)NCC(=O)NCC(=O)N[C@H](C(=O)N[C@H](C(=O)N[C@@H](CCC(=O)O)C(=O)N[C@@H](Cc1cnc[nH]1)C(=O)N[C@@H](CCC(=O)O)C(=O)O)[C@@H](C)O)C(C)C. The summed E-state index contributed by atoms with van der Waals surface area (Å²) < 4.78 is 0. The minimum Gasteiger partial charge on any atom is -0.508 e. The largest absolute Gasteiger partial charge is 0.508 e. The van der Waals surface area contributed by atoms with Gasteiger partial charge in [0.1, 0.15) is 48.0 Å². The normalized spacial score (nSPS) is 14.5. The van der Waals surface area contributed by atoms with E-state index in [-0.39, 0.29) is 36.5 Å². The maximum atomic E-state index is 13.7. The Morgan fingerprint density at radius 3 is 1.65 bits per heavy atom. The number of nitrogens with one attached hydrogen (secondary N) is 10. The number of rotatable bonds is 35. The maximum Gasteiger partial charge on any atom is 0.326 e. The molecule has 0 aliphatic carbocycles. The predicted molar refractivity (Wildman–Crippen MR) is 276 cm³/mol. The number of aliphatic carboxylic acids is 3. The molecule has 426 valence electrons. The Kier molecular flexibility index (Phi) is 28.5. The van der Waals surface area contributed by atoms with E-state index < -0.39 is 170 Å². The van der Waals surface area contributed by atoms with E-state index in [1.807, 2.05) is 0 Å². The number of aromatic amines is 1. The molecule has 0 unspecified atom stereocenters. The number of hydrogen-bond acceptors (Lipinski definition) is 18. The Hall–Kier alpha value is -7.51. The van der Waals surface area contributed by atoms with Gasteiger partial charge in [0, 0.05) is 43.3 Å². The van der Waals surface area contributed by atoms with Crippen molar-refractivity contribution in [2.75, 3.05) is 30.9 Å². The number of phenols is 1. The van der Waals surface area contributed by atoms with Crippen molar-refractivity contribution < 1.29 is 83.1 Å². The quantitative estimate of drug-likeness (QED) is 0.0289. The Labute approximate surface area is 451 Å². The number of nitrogens with two attached hydrogens (primary N) is 1. The number of carboxylic acids is 3. The first-order valence-corrected chi connectivity index (χ1v) is 25.9. The van der Waals surface area contributed by atoms with Crippen LogP contribution in [0.1, 0.15) is 64.1 Å². The third-order valence-corrected chi connectivity index (χ3v) is 12.2. The molecule has 0 radical (unpaired) electrons. The lowest BCUT2D eigenvalue weighted by Crippen LogP contribution is -2.61. The number of carboxylic acid groups (broad SMARTS) is 3. The summed E-state index contributed by atoms with van der Waals surface area (Å²) >= 11 is 5.42. The van der Waals surface area contributed by atoms with E-state index in [0.29, 0.717) is 11.3 Å². The Bertz CT molecular complexity index is 2360. The topological polar surface area (TPSA) is 469 Å². The first kappa shape index (κ1) is 65.6. The minimum atomic E-state index is -1.86. The molecule has 0 aliphatic rings. The van der Waals surface area contributed by atoms with Crippen LogP contribution in [0.4, 0.5) is 0 Å². The van der Waals surface area contributed by atoms with E-state index in [4.69, 9.17) is 10.8 Å². The number of benzene rings is 1. The zero-order valence-electron chi connectivity index (χ0n) is 42.5. The van der Waals surface area contributed by atoms with Crippen LogP contribution < -0.4 is 53.6 Å². The molecule has 2 rings (SSSR count). The van der Waals surface area contributed by atoms with Gasteiger partial charge in [0.25, 0.3) is 0 Å². The van der Waals surface area contributed by atoms with Crippen molar-refractivity contribution in [3.05, 3.63) is 48.0 Å². The maximum absolute atomic E-state index is 13.7. The summed E-state index contributed by atoms with van der Waals surface area (Å²) in [7, 11) is 0. The third-order valence-electron chi connectivity index (χ3n) is 11.1. The van der Waals surface area contributed by atoms with Gasteiger partial charge in [-0.3, -0.25) is 52.7 Å². The Balaban J connectivity index is 2.18. The fourth-order valence-electron chi connectivity index (χ4n) is 6.85. The molecule has 9 atom stereocenters. The number of carbonyl (C=O) groups excluding carboxylic acids is 9. The molecule has 0 aliphatic heterocycles. The van der Waals surface area contributed by atoms with E-state index >= 15 is 0 Å². The van der Waals surface area contributed by atoms with Crippen molar-refractivity contribution in [3.63, 3.8) is 0 Å². The van der Waals surface area contributed by atoms with E-state index in [1.54, 1.807) is 6.26 Å². The van der Waals surface area contributed by atoms with E-state index in [2.05, 4.69) is 70.4 Å². The fourth-order valence-corrected chi connectivity index (χ4v) is 7.49. The van der Waals surface area contributed by atoms with Crippen LogP contribution in [0.5, 0.6) is 5.75 Å². The summed E-state index contributed by atoms with van der Waals surface area (Å²) in [5, 5.41) is 69.7. The van der Waals surface area contributed by atoms with Crippen LogP contribution in [-0.4, -0.2) is 192 Å². The number of aromatic hydroxyl groups is 1. The van der Waals surface area contributed by atoms with Crippen LogP contribution in [0.2, 0.25) is 0 Å². The molecule has 1 heterocycles. The summed E-state index contributed by atoms with van der Waals surface area (Å²) in [4.78, 5) is 161. The van der Waals surface area contributed by atoms with Crippen molar-refractivity contribution >= 4 is 95.5 Å². The molecular weight excluding hydrogens is 1060 g/mol. The van der Waals surface area contributed by atoms with E-state index in [1.165, 1.54) is 62.4 Å². The second-order valence-corrected chi connectivity index (χ2v) is 19.1. The number of aliphatic hydroxyl groups excluding tert-OH is 1. The van der Waals surface area contributed by atoms with Crippen molar-refractivity contribution in [2.24, 2.45) is 11.7 Å². The molecule has 17 N–H and O–H groups in total. The molecule has 0 spiro atoms. The second-order valence-electron chi connectivity index (χ2n) is 17.7. The molecule has 0 saturated heterocycles. The molecule has 9 amide bonds. The molecule has 2 aromatic rings. The lowest BCUT2D eigenvalue weighted by atomic mass is 10.0. The zero-order chi connectivity index (χ0) is 57.9. The van der Waals surface area contributed by atoms with Crippen LogP contribution in [0.25, 0.3) is 0 Å². The Morgan fingerprint density at radius 2 is 1.13 bits per heavy atom. The number of carbonyl (C=O) groups is 12. The zero-order valence-corrected chi connectivity index (χ0v) is 44.2. The van der Waals surface area contributed by atoms with Crippen molar-refractivity contribution in [3.8, 4) is 5.75 Å². The van der Waals surface area contributed by atoms with Gasteiger partial charge in [-0.15, -0.1) is 0 Å². The number of nitrogens with zero attached hydrogens (tertiary/aromatic N) is 1. The number of H-pyrrole nitrogens is 1. The second kappa shape index (κ2) is 33.5. The summed E-state index contributed by atoms with van der Waals surface area (Å²) in [5.41, 5.74) is 6.54. The molecular formula is C46H68N12O17S2. The number of thiol groups is 1. The summed E-state index contributed by atoms with van der Waals surface area (Å²) in [6, 6.07) is -6.09. The molecule has 29 nitrogen and oxygen atoms in total. The molecule has 0 saturated carbocycles. The van der Waals surface area contributed by atoms with Crippen molar-refractivity contribution in [1.29, 1.82) is 0 Å². The number of thioether (sulfide) groups is 1. The first-order valence-electron chi connectivity index (χ1n) is 23.9. The number of imidazole rings is 1. The predicted octanol–water partition coefficient (Wildman–Crippen LogP) is -4.61. The lowest BCUT2D eigenvalue weighted by molar-refractivity contribution is -0.143. The smallest absolute Gasteiger partial charge is 0.326 e. The molecule has 77 heavy (non-hydrogen) atoms. The van der Waals surface area contributed by atoms with Gasteiger partial charge in [0.2, 0.25) is 53.2 Å². The monoisotopic (exact) mass is 1120 g/mol. The molecule has 0 fully saturated rings. The number of aromatic nitrogens is 2. The van der Waals surface area contributed by atoms with Crippen LogP contribution >= 0.6 is 24.4 Å². The number of aliphatic hydroxyl groups is 1. The highest BCUT2D eigenvalue weighted by molar-refractivity contribution is 7.98. The van der Waals surface area contributed by atoms with Crippen LogP contribution in [-0.2, 0) is 70.4 Å². The number of amides is 9. The number of hydrogen-bond donors (Lipinski definition) is 17. The van der Waals surface area contributed by atoms with Gasteiger partial charge >= 0.3 is 17.9 Å². The van der Waals surface area contributed by atoms with Gasteiger partial charge in [-0.2, -0.15) is 24.4 Å². The molecule has 1 aromatic carbocycles. The van der Waals surface area contributed by atoms with Gasteiger partial charge in [-0.25, -0.2) is 9.78 Å². The highest BCUT2D eigenvalue weighted by atomic mass is 32.2. The van der Waals surface area contributed by atoms with Crippen LogP contribution in [0.15, 0.2) is 36.8 Å². The van der Waals surface area contributed by atoms with Crippen molar-refractivity contribution in [2.45, 2.75) is 120 Å². The van der Waals surface area contributed by atoms with Gasteiger partial charge in [0.15, 0.2) is 0 Å². The van der Waals surface area contributed by atoms with Gasteiger partial charge < -0.3 is 84.1 Å². The molecule has 0 bridgehead atoms. The average Bonchev–Trinajstić information content (AvgIpc) is 3.89. The van der Waals surface area contributed by atoms with Gasteiger partial charge in [-0.05, 0) is 61.8 Å². The van der Waals surface area contributed by atoms with E-state index in [0.717, 1.165) is 6.92 Å². The van der Waals surface area contributed by atoms with Crippen molar-refractivity contribution in [1.82, 2.24) is 57.8 Å². The lowest BCUT2D eigenvalue weighted by Gasteiger charge is -2.28. The standard InChI is InChI=1S/C46H68N12O17S2/c1-22(2)37(57-34(62)19-49-33(61)18-50-40(68)31(15-24-5-7-26(60)8-6-24)55-42(70)29(13-14-77-4)52-39(67)27(47)20-76)44(72)58-38(23(3)59)45(73)53-28(9-11-35(63)64)41(69)56-32(16-25-17-48-21-51-25)43(71)54-30(46(74)75)10-12-36(65)66/h5-8,17,21-23,27-32,37-38,59-60,76H,9-16,18-20,47H2,1-4H3,(H,48,51)(H,49,61)(H,50,68)(H,52,67)(H,53,73)(H,54,71)(H,55,70)(H,56,69)(H,57,62)(H,58,72)(H,63,64)(H,65,66)(H,74,75)/t23-,27+,28+,29+,30+,31+,32+,37+,38+/m1/s1. The van der Waals surface area contributed by atoms with Gasteiger partial charge in [0.05, 0.1) is 31.6 Å². The summed E-state index contributed by atoms with van der Waals surface area (Å²) in [5.74, 6) is -13.2. The van der Waals surface area contributed by atoms with Crippen LogP contribution in [0.3, 0.4) is 0 Å². The third kappa shape index (κ3) is 24.4. The summed E-state index contributed by atoms with van der Waals surface area (Å²) in [6.45, 7) is 2.65. The highest BCUT2D eigenvalue weighted by Gasteiger charge is 2.36. The van der Waals surface area contributed by atoms with E-state index in [9.17, 15) is 78.0 Å². The highest BCUT2D eigenvalue weighted by Crippen LogP contribution is 2.13. The Morgan fingerprint density at radius 1 is 0.623 bits per heavy atom. The van der Waals surface area contributed by atoms with Crippen LogP contribution in [0, 0.1) is 5.92 Å². The first-order chi connectivity index (χ1) is 36.3. The number of phenolic OH excluding ortho intramolecular Hbond substituents is 1. The fraction of sp³-hybridized carbons (Fsp3) is 0.543. The summed E-state index contributed by atoms with van der Waals surface area (Å²) in [6.07, 6.45) is -0.187. The van der Waals surface area contributed by atoms with Gasteiger partial charge in [-0.1, -0.05) is 26.0 Å².